The first-order valence-corrected chi connectivity index (χ1v) is 10.5. The number of ketones is 1. The van der Waals surface area contributed by atoms with Crippen LogP contribution >= 0.6 is 0 Å². The quantitative estimate of drug-likeness (QED) is 0.478. The van der Waals surface area contributed by atoms with Gasteiger partial charge in [0.05, 0.1) is 4.90 Å². The molecule has 0 aliphatic rings. The van der Waals surface area contributed by atoms with Gasteiger partial charge in [-0.15, -0.1) is 0 Å². The molecule has 0 aliphatic carbocycles. The van der Waals surface area contributed by atoms with Crippen molar-refractivity contribution in [2.24, 2.45) is 0 Å². The van der Waals surface area contributed by atoms with E-state index >= 15 is 0 Å². The van der Waals surface area contributed by atoms with Gasteiger partial charge in [-0.1, -0.05) is 76.5 Å². The number of rotatable bonds is 13. The van der Waals surface area contributed by atoms with E-state index in [2.05, 4.69) is 6.92 Å². The molecule has 4 heteroatoms. The first-order chi connectivity index (χ1) is 11.1. The lowest BCUT2D eigenvalue weighted by molar-refractivity contribution is -0.116. The largest absolute Gasteiger partial charge is 0.299 e. The summed E-state index contributed by atoms with van der Waals surface area (Å²) < 4.78 is 24.2. The molecule has 0 N–H and O–H groups in total. The summed E-state index contributed by atoms with van der Waals surface area (Å²) in [5.74, 6) is -0.537. The Kier molecular flexibility index (Phi) is 9.85. The number of carbonyl (C=O) groups excluding carboxylic acids is 1. The fourth-order valence-corrected chi connectivity index (χ4v) is 3.93. The van der Waals surface area contributed by atoms with Crippen molar-refractivity contribution >= 4 is 15.6 Å². The smallest absolute Gasteiger partial charge is 0.185 e. The number of carbonyl (C=O) groups is 1. The third-order valence-corrected chi connectivity index (χ3v) is 5.70. The molecular formula is C19H30O3S. The number of Topliss-reactive ketones (excluding diaryl/α,β-unsaturated/α-hetero) is 1. The summed E-state index contributed by atoms with van der Waals surface area (Å²) >= 11 is 0. The second-order valence-corrected chi connectivity index (χ2v) is 8.18. The molecule has 0 heterocycles. The summed E-state index contributed by atoms with van der Waals surface area (Å²) in [6.07, 6.45) is 11.1. The molecule has 1 aromatic carbocycles. The normalized spacial score (nSPS) is 11.5. The van der Waals surface area contributed by atoms with Crippen molar-refractivity contribution in [2.45, 2.75) is 76.0 Å². The molecule has 0 radical (unpaired) electrons. The van der Waals surface area contributed by atoms with Gasteiger partial charge in [0, 0.05) is 6.42 Å². The monoisotopic (exact) mass is 338 g/mol. The average Bonchev–Trinajstić information content (AvgIpc) is 2.54. The maximum Gasteiger partial charge on any atom is 0.185 e. The molecule has 130 valence electrons. The minimum absolute atomic E-state index is 0.170. The van der Waals surface area contributed by atoms with E-state index in [1.807, 2.05) is 0 Å². The van der Waals surface area contributed by atoms with Gasteiger partial charge in [0.2, 0.25) is 0 Å². The van der Waals surface area contributed by atoms with Crippen LogP contribution in [-0.2, 0) is 14.6 Å². The Morgan fingerprint density at radius 2 is 1.35 bits per heavy atom. The van der Waals surface area contributed by atoms with E-state index in [0.29, 0.717) is 6.42 Å². The second kappa shape index (κ2) is 11.4. The lowest BCUT2D eigenvalue weighted by Crippen LogP contribution is -2.16. The molecule has 1 rings (SSSR count). The van der Waals surface area contributed by atoms with Crippen LogP contribution in [-0.4, -0.2) is 20.0 Å². The van der Waals surface area contributed by atoms with Crippen molar-refractivity contribution in [1.82, 2.24) is 0 Å². The van der Waals surface area contributed by atoms with Crippen LogP contribution in [0.1, 0.15) is 71.1 Å². The molecule has 0 aromatic heterocycles. The van der Waals surface area contributed by atoms with Crippen LogP contribution in [0.2, 0.25) is 0 Å². The Labute approximate surface area is 141 Å². The van der Waals surface area contributed by atoms with E-state index in [4.69, 9.17) is 0 Å². The third kappa shape index (κ3) is 8.89. The first-order valence-electron chi connectivity index (χ1n) is 8.86. The molecule has 23 heavy (non-hydrogen) atoms. The van der Waals surface area contributed by atoms with Crippen LogP contribution in [0.25, 0.3) is 0 Å². The summed E-state index contributed by atoms with van der Waals surface area (Å²) in [4.78, 5) is 12.1. The standard InChI is InChI=1S/C19H30O3S/c1-2-3-4-5-6-7-8-9-11-14-18(20)17-23(21,22)19-15-12-10-13-16-19/h10,12-13,15-16H,2-9,11,14,17H2,1H3. The predicted molar refractivity (Wildman–Crippen MR) is 95.3 cm³/mol. The molecule has 3 nitrogen and oxygen atoms in total. The van der Waals surface area contributed by atoms with Gasteiger partial charge in [0.1, 0.15) is 11.5 Å². The van der Waals surface area contributed by atoms with Crippen LogP contribution in [0, 0.1) is 0 Å². The fourth-order valence-electron chi connectivity index (χ4n) is 2.63. The van der Waals surface area contributed by atoms with Gasteiger partial charge in [-0.25, -0.2) is 8.42 Å². The maximum absolute atomic E-state index is 12.1. The van der Waals surface area contributed by atoms with E-state index in [1.54, 1.807) is 30.3 Å². The Bertz CT molecular complexity index is 535. The van der Waals surface area contributed by atoms with E-state index in [-0.39, 0.29) is 16.4 Å². The Balaban J connectivity index is 2.13. The minimum Gasteiger partial charge on any atom is -0.299 e. The highest BCUT2D eigenvalue weighted by atomic mass is 32.2. The van der Waals surface area contributed by atoms with E-state index < -0.39 is 9.84 Å². The van der Waals surface area contributed by atoms with Crippen molar-refractivity contribution in [3.05, 3.63) is 30.3 Å². The highest BCUT2D eigenvalue weighted by Gasteiger charge is 2.18. The summed E-state index contributed by atoms with van der Waals surface area (Å²) in [7, 11) is -3.47. The highest BCUT2D eigenvalue weighted by molar-refractivity contribution is 7.92. The molecule has 0 saturated carbocycles. The van der Waals surface area contributed by atoms with E-state index in [9.17, 15) is 13.2 Å². The molecular weight excluding hydrogens is 308 g/mol. The third-order valence-electron chi connectivity index (χ3n) is 4.01. The van der Waals surface area contributed by atoms with Crippen molar-refractivity contribution in [3.63, 3.8) is 0 Å². The number of sulfone groups is 1. The molecule has 0 saturated heterocycles. The number of unbranched alkanes of at least 4 members (excludes halogenated alkanes) is 8. The van der Waals surface area contributed by atoms with Gasteiger partial charge in [0.15, 0.2) is 9.84 Å². The zero-order valence-corrected chi connectivity index (χ0v) is 15.1. The van der Waals surface area contributed by atoms with Gasteiger partial charge in [-0.3, -0.25) is 4.79 Å². The average molecular weight is 339 g/mol. The zero-order valence-electron chi connectivity index (χ0n) is 14.3. The van der Waals surface area contributed by atoms with Crippen LogP contribution in [0.3, 0.4) is 0 Å². The summed E-state index contributed by atoms with van der Waals surface area (Å²) in [6, 6.07) is 8.21. The van der Waals surface area contributed by atoms with Crippen LogP contribution in [0.4, 0.5) is 0 Å². The molecule has 0 bridgehead atoms. The summed E-state index contributed by atoms with van der Waals surface area (Å²) in [5, 5.41) is 0. The highest BCUT2D eigenvalue weighted by Crippen LogP contribution is 2.13. The molecule has 0 spiro atoms. The van der Waals surface area contributed by atoms with Crippen molar-refractivity contribution < 1.29 is 13.2 Å². The van der Waals surface area contributed by atoms with Crippen LogP contribution in [0.5, 0.6) is 0 Å². The Morgan fingerprint density at radius 1 is 0.826 bits per heavy atom. The molecule has 0 fully saturated rings. The molecule has 0 atom stereocenters. The second-order valence-electron chi connectivity index (χ2n) is 6.19. The van der Waals surface area contributed by atoms with Gasteiger partial charge < -0.3 is 0 Å². The number of hydrogen-bond acceptors (Lipinski definition) is 3. The Hall–Kier alpha value is -1.16. The SMILES string of the molecule is CCCCCCCCCCCC(=O)CS(=O)(=O)c1ccccc1. The summed E-state index contributed by atoms with van der Waals surface area (Å²) in [5.41, 5.74) is 0. The van der Waals surface area contributed by atoms with Crippen molar-refractivity contribution in [2.75, 3.05) is 5.75 Å². The zero-order chi connectivity index (χ0) is 17.0. The lowest BCUT2D eigenvalue weighted by atomic mass is 10.1. The van der Waals surface area contributed by atoms with E-state index in [0.717, 1.165) is 19.3 Å². The van der Waals surface area contributed by atoms with Gasteiger partial charge in [-0.05, 0) is 18.6 Å². The molecule has 0 aliphatic heterocycles. The molecule has 0 amide bonds. The summed E-state index contributed by atoms with van der Waals surface area (Å²) in [6.45, 7) is 2.22. The van der Waals surface area contributed by atoms with Crippen molar-refractivity contribution in [1.29, 1.82) is 0 Å². The molecule has 0 unspecified atom stereocenters. The van der Waals surface area contributed by atoms with Crippen molar-refractivity contribution in [3.8, 4) is 0 Å². The number of hydrogen-bond donors (Lipinski definition) is 0. The van der Waals surface area contributed by atoms with Crippen LogP contribution in [0.15, 0.2) is 35.2 Å². The Morgan fingerprint density at radius 3 is 1.91 bits per heavy atom. The lowest BCUT2D eigenvalue weighted by Gasteiger charge is -2.04. The van der Waals surface area contributed by atoms with Gasteiger partial charge in [0.25, 0.3) is 0 Å². The first kappa shape index (κ1) is 19.9. The number of benzene rings is 1. The molecule has 1 aromatic rings. The van der Waals surface area contributed by atoms with Gasteiger partial charge >= 0.3 is 0 Å². The van der Waals surface area contributed by atoms with E-state index in [1.165, 1.54) is 38.5 Å². The maximum atomic E-state index is 12.1. The van der Waals surface area contributed by atoms with Gasteiger partial charge in [-0.2, -0.15) is 0 Å². The predicted octanol–water partition coefficient (Wildman–Crippen LogP) is 4.95. The fraction of sp³-hybridized carbons (Fsp3) is 0.632. The topological polar surface area (TPSA) is 51.2 Å². The minimum atomic E-state index is -3.47. The van der Waals surface area contributed by atoms with Crippen LogP contribution < -0.4 is 0 Å².